The van der Waals surface area contributed by atoms with Gasteiger partial charge in [-0.3, -0.25) is 4.79 Å². The van der Waals surface area contributed by atoms with Gasteiger partial charge in [0.15, 0.2) is 0 Å². The summed E-state index contributed by atoms with van der Waals surface area (Å²) in [6.07, 6.45) is 0. The molecular formula is C16H17ClN2O2. The molecule has 4 nitrogen and oxygen atoms in total. The lowest BCUT2D eigenvalue weighted by Gasteiger charge is -2.12. The molecule has 2 rings (SSSR count). The van der Waals surface area contributed by atoms with Crippen LogP contribution in [0.1, 0.15) is 18.1 Å². The zero-order chi connectivity index (χ0) is 15.4. The fraction of sp³-hybridized carbons (Fsp3) is 0.188. The highest BCUT2D eigenvalue weighted by molar-refractivity contribution is 6.32. The molecule has 3 N–H and O–H groups in total. The minimum absolute atomic E-state index is 0.0734. The second-order valence-electron chi connectivity index (χ2n) is 4.85. The van der Waals surface area contributed by atoms with E-state index in [-0.39, 0.29) is 11.7 Å². The van der Waals surface area contributed by atoms with Crippen molar-refractivity contribution in [1.82, 2.24) is 0 Å². The number of carbonyl (C=O) groups excluding carboxylic acids is 1. The molecule has 2 aromatic carbocycles. The van der Waals surface area contributed by atoms with Gasteiger partial charge in [-0.2, -0.15) is 0 Å². The Hall–Kier alpha value is -2.20. The van der Waals surface area contributed by atoms with Crippen LogP contribution in [-0.2, 0) is 11.3 Å². The smallest absolute Gasteiger partial charge is 0.221 e. The molecular weight excluding hydrogens is 288 g/mol. The fourth-order valence-corrected chi connectivity index (χ4v) is 2.15. The Morgan fingerprint density at radius 2 is 2.00 bits per heavy atom. The average Bonchev–Trinajstić information content (AvgIpc) is 2.42. The molecule has 2 aromatic rings. The molecule has 1 amide bonds. The Morgan fingerprint density at radius 3 is 2.67 bits per heavy atom. The number of hydrogen-bond donors (Lipinski definition) is 3. The third kappa shape index (κ3) is 4.13. The van der Waals surface area contributed by atoms with Crippen molar-refractivity contribution in [3.63, 3.8) is 0 Å². The molecule has 0 aromatic heterocycles. The highest BCUT2D eigenvalue weighted by atomic mass is 35.5. The van der Waals surface area contributed by atoms with E-state index in [1.54, 1.807) is 18.2 Å². The van der Waals surface area contributed by atoms with E-state index in [9.17, 15) is 9.90 Å². The number of benzene rings is 2. The first-order valence-electron chi connectivity index (χ1n) is 6.55. The van der Waals surface area contributed by atoms with Crippen LogP contribution in [0.15, 0.2) is 36.4 Å². The number of phenols is 1. The van der Waals surface area contributed by atoms with Crippen molar-refractivity contribution >= 4 is 28.9 Å². The Morgan fingerprint density at radius 1 is 1.24 bits per heavy atom. The molecule has 0 bridgehead atoms. The minimum atomic E-state index is -0.102. The molecule has 0 unspecified atom stereocenters. The number of aromatic hydroxyl groups is 1. The quantitative estimate of drug-likeness (QED) is 0.802. The lowest BCUT2D eigenvalue weighted by atomic mass is 10.1. The number of rotatable bonds is 4. The highest BCUT2D eigenvalue weighted by Crippen LogP contribution is 2.25. The molecule has 0 fully saturated rings. The molecule has 110 valence electrons. The number of halogens is 1. The van der Waals surface area contributed by atoms with Crippen molar-refractivity contribution in [3.8, 4) is 5.75 Å². The van der Waals surface area contributed by atoms with Crippen LogP contribution >= 0.6 is 11.6 Å². The summed E-state index contributed by atoms with van der Waals surface area (Å²) >= 11 is 5.88. The molecule has 21 heavy (non-hydrogen) atoms. The Kier molecular flexibility index (Phi) is 4.70. The van der Waals surface area contributed by atoms with E-state index in [1.165, 1.54) is 6.92 Å². The van der Waals surface area contributed by atoms with E-state index in [2.05, 4.69) is 10.6 Å². The van der Waals surface area contributed by atoms with Crippen molar-refractivity contribution in [3.05, 3.63) is 52.5 Å². The summed E-state index contributed by atoms with van der Waals surface area (Å²) in [5, 5.41) is 15.8. The van der Waals surface area contributed by atoms with Crippen molar-refractivity contribution in [2.75, 3.05) is 10.6 Å². The van der Waals surface area contributed by atoms with Crippen LogP contribution < -0.4 is 10.6 Å². The van der Waals surface area contributed by atoms with Crippen LogP contribution in [0.5, 0.6) is 5.75 Å². The van der Waals surface area contributed by atoms with E-state index in [1.807, 2.05) is 25.1 Å². The number of amides is 1. The van der Waals surface area contributed by atoms with Crippen molar-refractivity contribution in [2.24, 2.45) is 0 Å². The monoisotopic (exact) mass is 304 g/mol. The van der Waals surface area contributed by atoms with Gasteiger partial charge >= 0.3 is 0 Å². The number of anilines is 2. The number of aryl methyl sites for hydroxylation is 1. The fourth-order valence-electron chi connectivity index (χ4n) is 1.95. The summed E-state index contributed by atoms with van der Waals surface area (Å²) in [4.78, 5) is 11.1. The molecule has 0 aliphatic carbocycles. The first-order valence-corrected chi connectivity index (χ1v) is 6.93. The van der Waals surface area contributed by atoms with Crippen molar-refractivity contribution in [2.45, 2.75) is 20.4 Å². The summed E-state index contributed by atoms with van der Waals surface area (Å²) in [7, 11) is 0. The second kappa shape index (κ2) is 6.50. The van der Waals surface area contributed by atoms with Gasteiger partial charge in [0.25, 0.3) is 0 Å². The molecule has 0 spiro atoms. The number of phenolic OH excluding ortho intramolecular Hbond substituents is 1. The highest BCUT2D eigenvalue weighted by Gasteiger charge is 2.04. The normalized spacial score (nSPS) is 10.2. The topological polar surface area (TPSA) is 61.4 Å². The van der Waals surface area contributed by atoms with E-state index in [0.717, 1.165) is 22.5 Å². The van der Waals surface area contributed by atoms with Crippen molar-refractivity contribution < 1.29 is 9.90 Å². The van der Waals surface area contributed by atoms with Gasteiger partial charge in [-0.05, 0) is 42.3 Å². The number of carbonyl (C=O) groups is 1. The molecule has 0 aliphatic heterocycles. The van der Waals surface area contributed by atoms with Crippen LogP contribution in [0.3, 0.4) is 0 Å². The van der Waals surface area contributed by atoms with Crippen LogP contribution in [0.25, 0.3) is 0 Å². The van der Waals surface area contributed by atoms with Gasteiger partial charge < -0.3 is 15.7 Å². The van der Waals surface area contributed by atoms with Gasteiger partial charge in [-0.1, -0.05) is 23.7 Å². The predicted octanol–water partition coefficient (Wildman–Crippen LogP) is 3.92. The van der Waals surface area contributed by atoms with E-state index < -0.39 is 0 Å². The molecule has 0 aliphatic rings. The maximum absolute atomic E-state index is 11.1. The molecule has 0 radical (unpaired) electrons. The van der Waals surface area contributed by atoms with Gasteiger partial charge in [0.05, 0.1) is 5.02 Å². The molecule has 5 heteroatoms. The number of nitrogens with one attached hydrogen (secondary N) is 2. The maximum atomic E-state index is 11.1. The summed E-state index contributed by atoms with van der Waals surface area (Å²) in [6.45, 7) is 4.04. The minimum Gasteiger partial charge on any atom is -0.506 e. The summed E-state index contributed by atoms with van der Waals surface area (Å²) in [5.41, 5.74) is 3.72. The van der Waals surface area contributed by atoms with Gasteiger partial charge in [0.1, 0.15) is 5.75 Å². The largest absolute Gasteiger partial charge is 0.506 e. The first-order chi connectivity index (χ1) is 9.95. The van der Waals surface area contributed by atoms with Gasteiger partial charge in [0, 0.05) is 24.8 Å². The molecule has 0 saturated heterocycles. The maximum Gasteiger partial charge on any atom is 0.221 e. The lowest BCUT2D eigenvalue weighted by molar-refractivity contribution is -0.114. The Bertz CT molecular complexity index is 671. The molecule has 0 atom stereocenters. The number of hydrogen-bond acceptors (Lipinski definition) is 3. The molecule has 0 saturated carbocycles. The third-order valence-corrected chi connectivity index (χ3v) is 3.36. The van der Waals surface area contributed by atoms with Crippen LogP contribution in [0.4, 0.5) is 11.4 Å². The van der Waals surface area contributed by atoms with Gasteiger partial charge in [-0.15, -0.1) is 0 Å². The second-order valence-corrected chi connectivity index (χ2v) is 5.26. The standard InChI is InChI=1S/C16H17ClN2O2/c1-10-3-5-13(19-11(2)20)8-15(10)18-9-12-4-6-16(21)14(17)7-12/h3-8,18,21H,9H2,1-2H3,(H,19,20). The summed E-state index contributed by atoms with van der Waals surface area (Å²) in [5.74, 6) is -0.0284. The van der Waals surface area contributed by atoms with Crippen molar-refractivity contribution in [1.29, 1.82) is 0 Å². The summed E-state index contributed by atoms with van der Waals surface area (Å²) < 4.78 is 0. The van der Waals surface area contributed by atoms with E-state index in [4.69, 9.17) is 11.6 Å². The average molecular weight is 305 g/mol. The summed E-state index contributed by atoms with van der Waals surface area (Å²) in [6, 6.07) is 10.8. The Balaban J connectivity index is 2.11. The first kappa shape index (κ1) is 15.2. The molecule has 0 heterocycles. The predicted molar refractivity (Wildman–Crippen MR) is 85.9 cm³/mol. The zero-order valence-corrected chi connectivity index (χ0v) is 12.7. The third-order valence-electron chi connectivity index (χ3n) is 3.05. The van der Waals surface area contributed by atoms with Gasteiger partial charge in [-0.25, -0.2) is 0 Å². The van der Waals surface area contributed by atoms with Crippen LogP contribution in [-0.4, -0.2) is 11.0 Å². The van der Waals surface area contributed by atoms with E-state index in [0.29, 0.717) is 11.6 Å². The Labute approximate surface area is 128 Å². The lowest BCUT2D eigenvalue weighted by Crippen LogP contribution is -2.07. The van der Waals surface area contributed by atoms with Gasteiger partial charge in [0.2, 0.25) is 5.91 Å². The van der Waals surface area contributed by atoms with Crippen LogP contribution in [0, 0.1) is 6.92 Å². The van der Waals surface area contributed by atoms with E-state index >= 15 is 0 Å². The zero-order valence-electron chi connectivity index (χ0n) is 11.9. The SMILES string of the molecule is CC(=O)Nc1ccc(C)c(NCc2ccc(O)c(Cl)c2)c1. The van der Waals surface area contributed by atoms with Crippen LogP contribution in [0.2, 0.25) is 5.02 Å².